The second kappa shape index (κ2) is 9.17. The maximum Gasteiger partial charge on any atom is 0.336 e. The van der Waals surface area contributed by atoms with Crippen LogP contribution in [0.15, 0.2) is 88.8 Å². The van der Waals surface area contributed by atoms with Crippen LogP contribution in [0.25, 0.3) is 11.3 Å². The number of esters is 1. The zero-order valence-electron chi connectivity index (χ0n) is 17.1. The molecule has 9 heteroatoms. The van der Waals surface area contributed by atoms with Gasteiger partial charge >= 0.3 is 5.97 Å². The molecule has 2 aromatic carbocycles. The summed E-state index contributed by atoms with van der Waals surface area (Å²) in [5, 5.41) is 14.7. The predicted molar refractivity (Wildman–Crippen MR) is 114 cm³/mol. The Balaban J connectivity index is 1.35. The van der Waals surface area contributed by atoms with Crippen LogP contribution in [-0.4, -0.2) is 34.5 Å². The smallest absolute Gasteiger partial charge is 0.336 e. The zero-order valence-corrected chi connectivity index (χ0v) is 17.1. The Bertz CT molecular complexity index is 1180. The van der Waals surface area contributed by atoms with Gasteiger partial charge in [0.1, 0.15) is 11.4 Å². The van der Waals surface area contributed by atoms with Crippen molar-refractivity contribution in [3.63, 3.8) is 0 Å². The van der Waals surface area contributed by atoms with E-state index >= 15 is 0 Å². The van der Waals surface area contributed by atoms with Gasteiger partial charge in [0.25, 0.3) is 5.69 Å². The lowest BCUT2D eigenvalue weighted by molar-refractivity contribution is -0.384. The van der Waals surface area contributed by atoms with Crippen molar-refractivity contribution in [1.82, 2.24) is 10.1 Å². The number of carbonyl (C=O) groups excluding carboxylic acids is 1. The van der Waals surface area contributed by atoms with E-state index in [0.717, 1.165) is 0 Å². The molecule has 0 N–H and O–H groups in total. The number of para-hydroxylation sites is 1. The van der Waals surface area contributed by atoms with Crippen LogP contribution in [0.4, 0.5) is 5.69 Å². The Morgan fingerprint density at radius 1 is 1.16 bits per heavy atom. The summed E-state index contributed by atoms with van der Waals surface area (Å²) in [4.78, 5) is 24.5. The molecule has 4 rings (SSSR count). The molecular weight excluding hydrogens is 414 g/mol. The van der Waals surface area contributed by atoms with Crippen LogP contribution in [0.5, 0.6) is 5.75 Å². The van der Waals surface area contributed by atoms with E-state index in [1.54, 1.807) is 30.4 Å². The predicted octanol–water partition coefficient (Wildman–Crippen LogP) is 4.09. The molecule has 0 saturated carbocycles. The average molecular weight is 433 g/mol. The number of rotatable bonds is 7. The number of ether oxygens (including phenoxy) is 2. The summed E-state index contributed by atoms with van der Waals surface area (Å²) >= 11 is 0. The monoisotopic (exact) mass is 433 g/mol. The number of carbonyl (C=O) groups is 1. The van der Waals surface area contributed by atoms with Gasteiger partial charge in [0.05, 0.1) is 17.0 Å². The maximum atomic E-state index is 12.4. The largest absolute Gasteiger partial charge is 0.454 e. The molecule has 0 spiro atoms. The fourth-order valence-corrected chi connectivity index (χ4v) is 3.04. The van der Waals surface area contributed by atoms with Crippen molar-refractivity contribution in [2.75, 3.05) is 13.6 Å². The minimum atomic E-state index is -0.472. The lowest BCUT2D eigenvalue weighted by Crippen LogP contribution is -2.29. The van der Waals surface area contributed by atoms with E-state index in [-0.39, 0.29) is 12.3 Å². The Labute approximate surface area is 183 Å². The standard InChI is InChI=1S/C23H19N3O6/c1-25-14-17(9-12-22(25)31-19-5-3-2-4-6-19)23(27)30-15-20-13-21(24-32-20)16-7-10-18(11-8-16)26(28)29/h2-13H,14-15H2,1H3. The number of non-ortho nitro benzene ring substituents is 1. The van der Waals surface area contributed by atoms with Crippen LogP contribution >= 0.6 is 0 Å². The van der Waals surface area contributed by atoms with Gasteiger partial charge in [-0.05, 0) is 36.4 Å². The summed E-state index contributed by atoms with van der Waals surface area (Å²) in [6, 6.07) is 16.9. The Kier molecular flexibility index (Phi) is 5.98. The van der Waals surface area contributed by atoms with E-state index in [9.17, 15) is 14.9 Å². The quantitative estimate of drug-likeness (QED) is 0.312. The highest BCUT2D eigenvalue weighted by Gasteiger charge is 2.20. The van der Waals surface area contributed by atoms with Crippen molar-refractivity contribution in [2.24, 2.45) is 0 Å². The number of hydrogen-bond donors (Lipinski definition) is 0. The Morgan fingerprint density at radius 3 is 2.59 bits per heavy atom. The van der Waals surface area contributed by atoms with E-state index in [1.807, 2.05) is 42.3 Å². The third kappa shape index (κ3) is 4.84. The van der Waals surface area contributed by atoms with Crippen LogP contribution in [0, 0.1) is 10.1 Å². The first-order valence-corrected chi connectivity index (χ1v) is 9.72. The van der Waals surface area contributed by atoms with Crippen LogP contribution < -0.4 is 4.74 Å². The normalized spacial score (nSPS) is 13.2. The first-order chi connectivity index (χ1) is 15.5. The molecule has 0 saturated heterocycles. The highest BCUT2D eigenvalue weighted by Crippen LogP contribution is 2.23. The highest BCUT2D eigenvalue weighted by atomic mass is 16.6. The average Bonchev–Trinajstić information content (AvgIpc) is 3.28. The molecule has 0 aliphatic carbocycles. The third-order valence-electron chi connectivity index (χ3n) is 4.72. The summed E-state index contributed by atoms with van der Waals surface area (Å²) in [5.74, 6) is 1.22. The molecule has 9 nitrogen and oxygen atoms in total. The first-order valence-electron chi connectivity index (χ1n) is 9.72. The summed E-state index contributed by atoms with van der Waals surface area (Å²) in [7, 11) is 1.82. The molecule has 0 unspecified atom stereocenters. The lowest BCUT2D eigenvalue weighted by atomic mass is 10.1. The number of likely N-dealkylation sites (N-methyl/N-ethyl adjacent to an activating group) is 1. The van der Waals surface area contributed by atoms with Crippen molar-refractivity contribution in [1.29, 1.82) is 0 Å². The van der Waals surface area contributed by atoms with Crippen LogP contribution in [-0.2, 0) is 16.1 Å². The fourth-order valence-electron chi connectivity index (χ4n) is 3.04. The molecule has 3 aromatic rings. The third-order valence-corrected chi connectivity index (χ3v) is 4.72. The summed E-state index contributed by atoms with van der Waals surface area (Å²) in [6.07, 6.45) is 3.39. The Morgan fingerprint density at radius 2 is 1.91 bits per heavy atom. The van der Waals surface area contributed by atoms with Crippen LogP contribution in [0.3, 0.4) is 0 Å². The summed E-state index contributed by atoms with van der Waals surface area (Å²) in [5.41, 5.74) is 1.62. The molecule has 1 aliphatic rings. The molecule has 0 fully saturated rings. The van der Waals surface area contributed by atoms with Crippen LogP contribution in [0.1, 0.15) is 5.76 Å². The molecule has 162 valence electrons. The molecule has 0 atom stereocenters. The number of nitro groups is 1. The van der Waals surface area contributed by atoms with Gasteiger partial charge in [0, 0.05) is 30.8 Å². The first kappa shape index (κ1) is 20.9. The minimum absolute atomic E-state index is 0.0106. The van der Waals surface area contributed by atoms with Gasteiger partial charge in [-0.3, -0.25) is 10.1 Å². The van der Waals surface area contributed by atoms with Crippen molar-refractivity contribution in [3.05, 3.63) is 100 Å². The van der Waals surface area contributed by atoms with E-state index in [2.05, 4.69) is 5.16 Å². The second-order valence-corrected chi connectivity index (χ2v) is 7.03. The van der Waals surface area contributed by atoms with Crippen LogP contribution in [0.2, 0.25) is 0 Å². The van der Waals surface area contributed by atoms with Gasteiger partial charge in [0.15, 0.2) is 18.3 Å². The lowest BCUT2D eigenvalue weighted by Gasteiger charge is -2.25. The van der Waals surface area contributed by atoms with E-state index in [1.165, 1.54) is 12.1 Å². The molecule has 32 heavy (non-hydrogen) atoms. The van der Waals surface area contributed by atoms with Crippen molar-refractivity contribution < 1.29 is 23.7 Å². The number of hydrogen-bond acceptors (Lipinski definition) is 8. The molecule has 1 aromatic heterocycles. The van der Waals surface area contributed by atoms with Gasteiger partial charge in [-0.2, -0.15) is 0 Å². The fraction of sp³-hybridized carbons (Fsp3) is 0.130. The maximum absolute atomic E-state index is 12.4. The van der Waals surface area contributed by atoms with E-state index in [4.69, 9.17) is 14.0 Å². The number of aromatic nitrogens is 1. The van der Waals surface area contributed by atoms with Crippen molar-refractivity contribution in [3.8, 4) is 17.0 Å². The van der Waals surface area contributed by atoms with Gasteiger partial charge < -0.3 is 18.9 Å². The van der Waals surface area contributed by atoms with Crippen molar-refractivity contribution in [2.45, 2.75) is 6.61 Å². The van der Waals surface area contributed by atoms with Gasteiger partial charge in [-0.15, -0.1) is 0 Å². The van der Waals surface area contributed by atoms with Gasteiger partial charge in [-0.25, -0.2) is 4.79 Å². The molecule has 1 aliphatic heterocycles. The second-order valence-electron chi connectivity index (χ2n) is 7.03. The molecule has 2 heterocycles. The van der Waals surface area contributed by atoms with Crippen molar-refractivity contribution >= 4 is 11.7 Å². The number of nitro benzene ring substituents is 1. The molecule has 0 amide bonds. The summed E-state index contributed by atoms with van der Waals surface area (Å²) in [6.45, 7) is 0.249. The zero-order chi connectivity index (χ0) is 22.5. The number of benzene rings is 2. The highest BCUT2D eigenvalue weighted by molar-refractivity contribution is 5.89. The van der Waals surface area contributed by atoms with E-state index < -0.39 is 10.9 Å². The topological polar surface area (TPSA) is 108 Å². The number of nitrogens with zero attached hydrogens (tertiary/aromatic N) is 3. The molecular formula is C23H19N3O6. The summed E-state index contributed by atoms with van der Waals surface area (Å²) < 4.78 is 16.4. The minimum Gasteiger partial charge on any atom is -0.454 e. The Hall–Kier alpha value is -4.40. The SMILES string of the molecule is CN1CC(C(=O)OCc2cc(-c3ccc([N+](=O)[O-])cc3)no2)=CC=C1Oc1ccccc1. The molecule has 0 bridgehead atoms. The van der Waals surface area contributed by atoms with Gasteiger partial charge in [-0.1, -0.05) is 23.4 Å². The van der Waals surface area contributed by atoms with Gasteiger partial charge in [0.2, 0.25) is 0 Å². The number of allylic oxidation sites excluding steroid dienone is 2. The molecule has 0 radical (unpaired) electrons. The van der Waals surface area contributed by atoms with E-state index in [0.29, 0.717) is 40.8 Å².